The zero-order chi connectivity index (χ0) is 13.1. The number of hydrogen-bond acceptors (Lipinski definition) is 4. The van der Waals surface area contributed by atoms with Crippen LogP contribution in [-0.4, -0.2) is 53.5 Å². The van der Waals surface area contributed by atoms with Gasteiger partial charge in [-0.1, -0.05) is 12.1 Å². The molecule has 0 aliphatic carbocycles. The maximum Gasteiger partial charge on any atom is 0.324 e. The van der Waals surface area contributed by atoms with Crippen molar-refractivity contribution in [3.63, 3.8) is 0 Å². The van der Waals surface area contributed by atoms with Gasteiger partial charge in [0, 0.05) is 13.1 Å². The van der Waals surface area contributed by atoms with E-state index in [-0.39, 0.29) is 19.2 Å². The van der Waals surface area contributed by atoms with E-state index in [1.165, 1.54) is 4.90 Å². The number of rotatable bonds is 4. The summed E-state index contributed by atoms with van der Waals surface area (Å²) in [6.07, 6.45) is -0.901. The molecule has 2 rings (SSSR count). The highest BCUT2D eigenvalue weighted by atomic mass is 16.3. The van der Waals surface area contributed by atoms with Gasteiger partial charge in [-0.3, -0.25) is 4.90 Å². The van der Waals surface area contributed by atoms with Crippen molar-refractivity contribution >= 4 is 17.4 Å². The summed E-state index contributed by atoms with van der Waals surface area (Å²) in [6, 6.07) is 6.98. The lowest BCUT2D eigenvalue weighted by atomic mass is 10.2. The molecule has 1 saturated heterocycles. The molecule has 1 atom stereocenters. The normalized spacial score (nSPS) is 17.3. The van der Waals surface area contributed by atoms with Crippen molar-refractivity contribution in [2.75, 3.05) is 36.9 Å². The van der Waals surface area contributed by atoms with E-state index >= 15 is 0 Å². The van der Waals surface area contributed by atoms with E-state index in [4.69, 9.17) is 10.8 Å². The van der Waals surface area contributed by atoms with Gasteiger partial charge in [0.1, 0.15) is 0 Å². The Kier molecular flexibility index (Phi) is 3.69. The molecule has 0 saturated carbocycles. The summed E-state index contributed by atoms with van der Waals surface area (Å²) in [4.78, 5) is 15.2. The van der Waals surface area contributed by atoms with E-state index in [1.54, 1.807) is 17.0 Å². The zero-order valence-electron chi connectivity index (χ0n) is 9.99. The number of benzene rings is 1. The van der Waals surface area contributed by atoms with Gasteiger partial charge in [0.05, 0.1) is 30.6 Å². The van der Waals surface area contributed by atoms with Crippen LogP contribution in [0.1, 0.15) is 0 Å². The average Bonchev–Trinajstić information content (AvgIpc) is 2.72. The minimum atomic E-state index is -0.901. The Labute approximate surface area is 105 Å². The fourth-order valence-electron chi connectivity index (χ4n) is 2.02. The van der Waals surface area contributed by atoms with Crippen LogP contribution in [0.2, 0.25) is 0 Å². The molecule has 1 heterocycles. The van der Waals surface area contributed by atoms with Gasteiger partial charge >= 0.3 is 6.03 Å². The second-order valence-corrected chi connectivity index (χ2v) is 4.28. The number of urea groups is 1. The number of carbonyl (C=O) groups excluding carboxylic acids is 1. The van der Waals surface area contributed by atoms with Crippen molar-refractivity contribution in [1.82, 2.24) is 4.90 Å². The molecule has 1 aromatic carbocycles. The standard InChI is InChI=1S/C12H17N3O3/c13-10-3-1-2-4-11(10)15-6-5-14(12(15)18)7-9(17)8-16/h1-4,9,16-17H,5-8,13H2. The van der Waals surface area contributed by atoms with E-state index < -0.39 is 6.10 Å². The molecule has 6 heteroatoms. The van der Waals surface area contributed by atoms with Gasteiger partial charge in [-0.2, -0.15) is 0 Å². The number of para-hydroxylation sites is 2. The second kappa shape index (κ2) is 5.24. The van der Waals surface area contributed by atoms with Crippen molar-refractivity contribution < 1.29 is 15.0 Å². The molecule has 1 aliphatic heterocycles. The summed E-state index contributed by atoms with van der Waals surface area (Å²) in [5, 5.41) is 18.1. The molecule has 6 nitrogen and oxygen atoms in total. The monoisotopic (exact) mass is 251 g/mol. The average molecular weight is 251 g/mol. The largest absolute Gasteiger partial charge is 0.397 e. The molecule has 1 aromatic rings. The van der Waals surface area contributed by atoms with E-state index in [0.717, 1.165) is 0 Å². The van der Waals surface area contributed by atoms with Crippen molar-refractivity contribution in [3.8, 4) is 0 Å². The van der Waals surface area contributed by atoms with Crippen LogP contribution in [0.4, 0.5) is 16.2 Å². The Bertz CT molecular complexity index is 438. The van der Waals surface area contributed by atoms with Crippen LogP contribution >= 0.6 is 0 Å². The molecule has 0 spiro atoms. The first kappa shape index (κ1) is 12.7. The minimum absolute atomic E-state index is 0.137. The predicted octanol–water partition coefficient (Wildman–Crippen LogP) is -0.136. The zero-order valence-corrected chi connectivity index (χ0v) is 9.99. The SMILES string of the molecule is Nc1ccccc1N1CCN(CC(O)CO)C1=O. The van der Waals surface area contributed by atoms with Gasteiger partial charge < -0.3 is 20.8 Å². The third-order valence-corrected chi connectivity index (χ3v) is 2.96. The molecule has 0 radical (unpaired) electrons. The van der Waals surface area contributed by atoms with Gasteiger partial charge in [0.25, 0.3) is 0 Å². The summed E-state index contributed by atoms with van der Waals surface area (Å²) in [6.45, 7) is 0.839. The number of carbonyl (C=O) groups is 1. The van der Waals surface area contributed by atoms with Gasteiger partial charge in [-0.25, -0.2) is 4.79 Å². The van der Waals surface area contributed by atoms with Crippen LogP contribution in [0.15, 0.2) is 24.3 Å². The van der Waals surface area contributed by atoms with Gasteiger partial charge in [0.2, 0.25) is 0 Å². The first-order chi connectivity index (χ1) is 8.63. The van der Waals surface area contributed by atoms with Crippen LogP contribution in [0.5, 0.6) is 0 Å². The minimum Gasteiger partial charge on any atom is -0.397 e. The van der Waals surface area contributed by atoms with Gasteiger partial charge in [-0.05, 0) is 12.1 Å². The van der Waals surface area contributed by atoms with E-state index in [2.05, 4.69) is 0 Å². The first-order valence-corrected chi connectivity index (χ1v) is 5.83. The molecule has 2 amide bonds. The van der Waals surface area contributed by atoms with Crippen LogP contribution in [0.3, 0.4) is 0 Å². The number of hydrogen-bond donors (Lipinski definition) is 3. The van der Waals surface area contributed by atoms with Crippen molar-refractivity contribution in [2.24, 2.45) is 0 Å². The lowest BCUT2D eigenvalue weighted by Crippen LogP contribution is -2.38. The topological polar surface area (TPSA) is 90.0 Å². The third kappa shape index (κ3) is 2.39. The summed E-state index contributed by atoms with van der Waals surface area (Å²) in [7, 11) is 0. The summed E-state index contributed by atoms with van der Waals surface area (Å²) in [5.41, 5.74) is 7.07. The molecule has 98 valence electrons. The number of aliphatic hydroxyl groups is 2. The van der Waals surface area contributed by atoms with Crippen molar-refractivity contribution in [1.29, 1.82) is 0 Å². The maximum atomic E-state index is 12.1. The molecule has 4 N–H and O–H groups in total. The van der Waals surface area contributed by atoms with Crippen LogP contribution < -0.4 is 10.6 Å². The third-order valence-electron chi connectivity index (χ3n) is 2.96. The molecule has 1 aliphatic rings. The Morgan fingerprint density at radius 1 is 1.33 bits per heavy atom. The fourth-order valence-corrected chi connectivity index (χ4v) is 2.02. The summed E-state index contributed by atoms with van der Waals surface area (Å²) < 4.78 is 0. The lowest BCUT2D eigenvalue weighted by molar-refractivity contribution is 0.0730. The molecule has 1 fully saturated rings. The highest BCUT2D eigenvalue weighted by molar-refractivity contribution is 5.97. The van der Waals surface area contributed by atoms with E-state index in [9.17, 15) is 9.90 Å². The summed E-state index contributed by atoms with van der Waals surface area (Å²) in [5.74, 6) is 0. The number of β-amino-alcohol motifs (C(OH)–C–C–N with tert-alkyl or cyclic N) is 1. The lowest BCUT2D eigenvalue weighted by Gasteiger charge is -2.21. The number of anilines is 2. The number of nitrogens with two attached hydrogens (primary N) is 1. The number of nitrogen functional groups attached to an aromatic ring is 1. The Morgan fingerprint density at radius 2 is 2.06 bits per heavy atom. The number of aliphatic hydroxyl groups excluding tert-OH is 2. The molecule has 0 aromatic heterocycles. The fraction of sp³-hybridized carbons (Fsp3) is 0.417. The van der Waals surface area contributed by atoms with Crippen LogP contribution in [-0.2, 0) is 0 Å². The molecule has 1 unspecified atom stereocenters. The molecule has 18 heavy (non-hydrogen) atoms. The molecule has 0 bridgehead atoms. The van der Waals surface area contributed by atoms with Crippen LogP contribution in [0, 0.1) is 0 Å². The predicted molar refractivity (Wildman–Crippen MR) is 68.3 cm³/mol. The number of amides is 2. The Balaban J connectivity index is 2.10. The van der Waals surface area contributed by atoms with Crippen LogP contribution in [0.25, 0.3) is 0 Å². The van der Waals surface area contributed by atoms with E-state index in [0.29, 0.717) is 24.5 Å². The maximum absolute atomic E-state index is 12.1. The second-order valence-electron chi connectivity index (χ2n) is 4.28. The quantitative estimate of drug-likeness (QED) is 0.650. The highest BCUT2D eigenvalue weighted by Gasteiger charge is 2.31. The van der Waals surface area contributed by atoms with Gasteiger partial charge in [-0.15, -0.1) is 0 Å². The molecular weight excluding hydrogens is 234 g/mol. The Hall–Kier alpha value is -1.79. The van der Waals surface area contributed by atoms with Crippen molar-refractivity contribution in [2.45, 2.75) is 6.10 Å². The first-order valence-electron chi connectivity index (χ1n) is 5.83. The summed E-state index contributed by atoms with van der Waals surface area (Å²) >= 11 is 0. The smallest absolute Gasteiger partial charge is 0.324 e. The molecular formula is C12H17N3O3. The van der Waals surface area contributed by atoms with Gasteiger partial charge in [0.15, 0.2) is 0 Å². The number of nitrogens with zero attached hydrogens (tertiary/aromatic N) is 2. The Morgan fingerprint density at radius 3 is 2.72 bits per heavy atom. The van der Waals surface area contributed by atoms with Crippen molar-refractivity contribution in [3.05, 3.63) is 24.3 Å². The highest BCUT2D eigenvalue weighted by Crippen LogP contribution is 2.26. The van der Waals surface area contributed by atoms with E-state index in [1.807, 2.05) is 12.1 Å².